The van der Waals surface area contributed by atoms with Crippen LogP contribution in [0.1, 0.15) is 24.2 Å². The summed E-state index contributed by atoms with van der Waals surface area (Å²) < 4.78 is 0. The molecule has 5 nitrogen and oxygen atoms in total. The summed E-state index contributed by atoms with van der Waals surface area (Å²) in [6, 6.07) is 8.71. The molecule has 20 heavy (non-hydrogen) atoms. The fourth-order valence-electron chi connectivity index (χ4n) is 1.80. The van der Waals surface area contributed by atoms with E-state index in [0.29, 0.717) is 16.8 Å². The first kappa shape index (κ1) is 14.8. The number of nitrogens with two attached hydrogens (primary N) is 1. The maximum atomic E-state index is 12.6. The van der Waals surface area contributed by atoms with E-state index in [-0.39, 0.29) is 11.9 Å². The smallest absolute Gasteiger partial charge is 0.229 e. The van der Waals surface area contributed by atoms with Crippen LogP contribution in [0, 0.1) is 0 Å². The summed E-state index contributed by atoms with van der Waals surface area (Å²) in [5.41, 5.74) is 6.67. The van der Waals surface area contributed by atoms with Crippen molar-refractivity contribution >= 4 is 23.8 Å². The van der Waals surface area contributed by atoms with Crippen LogP contribution < -0.4 is 5.73 Å². The molecule has 0 amide bonds. The number of Topliss-reactive ketones (excluding diaryl/α,β-unsaturated/α-hetero) is 1. The largest absolute Gasteiger partial charge is 0.297 e. The predicted octanol–water partition coefficient (Wildman–Crippen LogP) is 1.91. The van der Waals surface area contributed by atoms with Crippen molar-refractivity contribution in [2.45, 2.75) is 24.9 Å². The summed E-state index contributed by atoms with van der Waals surface area (Å²) in [4.78, 5) is 28.0. The first-order valence-electron chi connectivity index (χ1n) is 6.18. The maximum Gasteiger partial charge on any atom is 0.229 e. The number of allylic oxidation sites excluding steroid dienone is 1. The molecule has 0 aromatic heterocycles. The number of thioether (sulfide) groups is 1. The number of hydrogen-bond donors (Lipinski definition) is 1. The quantitative estimate of drug-likeness (QED) is 0.660. The Bertz CT molecular complexity index is 545. The zero-order valence-electron chi connectivity index (χ0n) is 11.3. The minimum absolute atomic E-state index is 0.163. The van der Waals surface area contributed by atoms with Crippen molar-refractivity contribution in [1.29, 1.82) is 0 Å². The molecule has 1 heterocycles. The number of hydrogen-bond acceptors (Lipinski definition) is 6. The minimum atomic E-state index is -1.46. The number of ketones is 1. The van der Waals surface area contributed by atoms with Gasteiger partial charge < -0.3 is 0 Å². The number of rotatable bonds is 5. The molecule has 0 saturated carbocycles. The summed E-state index contributed by atoms with van der Waals surface area (Å²) in [7, 11) is 0. The lowest BCUT2D eigenvalue weighted by Crippen LogP contribution is -2.55. The lowest BCUT2D eigenvalue weighted by molar-refractivity contribution is -0.173. The van der Waals surface area contributed by atoms with Gasteiger partial charge in [0.05, 0.1) is 11.0 Å². The van der Waals surface area contributed by atoms with Crippen molar-refractivity contribution in [3.8, 4) is 0 Å². The molecular formula is C14H16N2O3S. The van der Waals surface area contributed by atoms with E-state index in [2.05, 4.69) is 0 Å². The minimum Gasteiger partial charge on any atom is -0.297 e. The fourth-order valence-corrected chi connectivity index (χ4v) is 2.75. The Morgan fingerprint density at radius 3 is 2.60 bits per heavy atom. The van der Waals surface area contributed by atoms with Crippen LogP contribution in [0.15, 0.2) is 41.4 Å². The average Bonchev–Trinajstić information content (AvgIpc) is 2.76. The van der Waals surface area contributed by atoms with Crippen LogP contribution in [0.25, 0.3) is 0 Å². The van der Waals surface area contributed by atoms with Gasteiger partial charge in [-0.25, -0.2) is 5.06 Å². The summed E-state index contributed by atoms with van der Waals surface area (Å²) in [6.07, 6.45) is 1.96. The average molecular weight is 292 g/mol. The van der Waals surface area contributed by atoms with Crippen LogP contribution >= 0.6 is 11.8 Å². The van der Waals surface area contributed by atoms with Gasteiger partial charge in [-0.2, -0.15) is 0 Å². The zero-order valence-corrected chi connectivity index (χ0v) is 12.1. The van der Waals surface area contributed by atoms with Crippen molar-refractivity contribution < 1.29 is 14.4 Å². The molecule has 0 fully saturated rings. The van der Waals surface area contributed by atoms with Crippen molar-refractivity contribution in [3.63, 3.8) is 0 Å². The van der Waals surface area contributed by atoms with Gasteiger partial charge in [0.2, 0.25) is 10.8 Å². The van der Waals surface area contributed by atoms with Gasteiger partial charge in [-0.1, -0.05) is 42.1 Å². The molecule has 0 bridgehead atoms. The molecule has 1 aromatic carbocycles. The van der Waals surface area contributed by atoms with Crippen molar-refractivity contribution in [2.75, 3.05) is 0 Å². The van der Waals surface area contributed by atoms with Gasteiger partial charge in [0, 0.05) is 11.8 Å². The van der Waals surface area contributed by atoms with Crippen LogP contribution in [0.5, 0.6) is 0 Å². The van der Waals surface area contributed by atoms with Gasteiger partial charge in [-0.15, -0.1) is 0 Å². The number of carbonyl (C=O) groups is 2. The third-order valence-electron chi connectivity index (χ3n) is 2.65. The molecule has 2 N–H and O–H groups in total. The molecule has 0 aliphatic carbocycles. The molecule has 1 aromatic rings. The van der Waals surface area contributed by atoms with Crippen LogP contribution in [-0.2, 0) is 9.63 Å². The highest BCUT2D eigenvalue weighted by Gasteiger charge is 2.47. The van der Waals surface area contributed by atoms with Gasteiger partial charge in [-0.3, -0.25) is 20.2 Å². The Morgan fingerprint density at radius 2 is 2.05 bits per heavy atom. The standard InChI is InChI=1S/C14H16N2O3S/c1-10(2)19-16-8-12(9-17)20-14(16,15)13(18)11-6-4-3-5-7-11/h3-10H,15H2,1-2H3. The van der Waals surface area contributed by atoms with E-state index in [1.54, 1.807) is 24.3 Å². The van der Waals surface area contributed by atoms with E-state index in [4.69, 9.17) is 10.6 Å². The van der Waals surface area contributed by atoms with Crippen LogP contribution in [0.3, 0.4) is 0 Å². The van der Waals surface area contributed by atoms with Crippen molar-refractivity contribution in [1.82, 2.24) is 5.06 Å². The van der Waals surface area contributed by atoms with Gasteiger partial charge in [0.15, 0.2) is 6.29 Å². The highest BCUT2D eigenvalue weighted by Crippen LogP contribution is 2.40. The third kappa shape index (κ3) is 2.77. The van der Waals surface area contributed by atoms with E-state index in [0.717, 1.165) is 11.8 Å². The van der Waals surface area contributed by atoms with Gasteiger partial charge in [0.25, 0.3) is 0 Å². The second kappa shape index (κ2) is 5.78. The molecule has 1 atom stereocenters. The Balaban J connectivity index is 2.32. The molecule has 106 valence electrons. The first-order valence-corrected chi connectivity index (χ1v) is 7.00. The monoisotopic (exact) mass is 292 g/mol. The molecule has 1 aliphatic rings. The maximum absolute atomic E-state index is 12.6. The number of nitrogens with zero attached hydrogens (tertiary/aromatic N) is 1. The SMILES string of the molecule is CC(C)ON1C=C(C=O)SC1(N)C(=O)c1ccccc1. The molecule has 0 radical (unpaired) electrons. The molecule has 6 heteroatoms. The van der Waals surface area contributed by atoms with E-state index in [1.807, 2.05) is 19.9 Å². The number of carbonyl (C=O) groups excluding carboxylic acids is 2. The molecule has 1 unspecified atom stereocenters. The van der Waals surface area contributed by atoms with E-state index < -0.39 is 4.99 Å². The van der Waals surface area contributed by atoms with E-state index in [1.165, 1.54) is 11.3 Å². The second-order valence-electron chi connectivity index (χ2n) is 4.62. The predicted molar refractivity (Wildman–Crippen MR) is 77.5 cm³/mol. The first-order chi connectivity index (χ1) is 9.47. The topological polar surface area (TPSA) is 72.6 Å². The number of benzene rings is 1. The molecule has 2 rings (SSSR count). The lowest BCUT2D eigenvalue weighted by Gasteiger charge is -2.33. The molecule has 1 aliphatic heterocycles. The second-order valence-corrected chi connectivity index (χ2v) is 5.92. The van der Waals surface area contributed by atoms with E-state index >= 15 is 0 Å². The van der Waals surface area contributed by atoms with Crippen molar-refractivity contribution in [2.24, 2.45) is 5.73 Å². The van der Waals surface area contributed by atoms with Gasteiger partial charge >= 0.3 is 0 Å². The Labute approximate surface area is 121 Å². The Kier molecular flexibility index (Phi) is 4.27. The summed E-state index contributed by atoms with van der Waals surface area (Å²) in [6.45, 7) is 3.65. The summed E-state index contributed by atoms with van der Waals surface area (Å²) in [5.74, 6) is -0.308. The van der Waals surface area contributed by atoms with Gasteiger partial charge in [0.1, 0.15) is 0 Å². The molecule has 0 spiro atoms. The van der Waals surface area contributed by atoms with Gasteiger partial charge in [-0.05, 0) is 13.8 Å². The lowest BCUT2D eigenvalue weighted by atomic mass is 10.1. The zero-order chi connectivity index (χ0) is 14.8. The van der Waals surface area contributed by atoms with Crippen LogP contribution in [0.2, 0.25) is 0 Å². The van der Waals surface area contributed by atoms with Crippen LogP contribution in [-0.4, -0.2) is 28.2 Å². The summed E-state index contributed by atoms with van der Waals surface area (Å²) in [5, 5.41) is 1.27. The number of hydroxylamine groups is 2. The molecule has 0 saturated heterocycles. The fraction of sp³-hybridized carbons (Fsp3) is 0.286. The van der Waals surface area contributed by atoms with Crippen LogP contribution in [0.4, 0.5) is 0 Å². The summed E-state index contributed by atoms with van der Waals surface area (Å²) >= 11 is 0.988. The Morgan fingerprint density at radius 1 is 1.40 bits per heavy atom. The highest BCUT2D eigenvalue weighted by molar-refractivity contribution is 8.06. The Hall–Kier alpha value is -1.63. The van der Waals surface area contributed by atoms with Crippen molar-refractivity contribution in [3.05, 3.63) is 47.0 Å². The highest BCUT2D eigenvalue weighted by atomic mass is 32.2. The third-order valence-corrected chi connectivity index (χ3v) is 3.76. The molecular weight excluding hydrogens is 276 g/mol. The number of aldehydes is 1. The normalized spacial score (nSPS) is 22.0. The van der Waals surface area contributed by atoms with E-state index in [9.17, 15) is 9.59 Å².